The maximum Gasteiger partial charge on any atom is 0.321 e. The first-order chi connectivity index (χ1) is 13.5. The fraction of sp³-hybridized carbons (Fsp3) is 0.364. The van der Waals surface area contributed by atoms with Crippen LogP contribution in [0.15, 0.2) is 54.6 Å². The number of anilines is 1. The Morgan fingerprint density at radius 2 is 1.71 bits per heavy atom. The molecule has 0 bridgehead atoms. The van der Waals surface area contributed by atoms with Gasteiger partial charge in [-0.3, -0.25) is 4.79 Å². The lowest BCUT2D eigenvalue weighted by Gasteiger charge is -2.38. The van der Waals surface area contributed by atoms with E-state index in [-0.39, 0.29) is 17.4 Å². The number of halogens is 1. The van der Waals surface area contributed by atoms with Crippen molar-refractivity contribution in [1.29, 1.82) is 0 Å². The molecule has 0 aliphatic carbocycles. The zero-order valence-electron chi connectivity index (χ0n) is 15.7. The lowest BCUT2D eigenvalue weighted by atomic mass is 9.77. The van der Waals surface area contributed by atoms with Crippen LogP contribution in [0.4, 0.5) is 10.5 Å². The highest BCUT2D eigenvalue weighted by Gasteiger charge is 2.45. The Bertz CT molecular complexity index is 846. The molecule has 2 aliphatic heterocycles. The number of urea groups is 1. The minimum Gasteiger partial charge on any atom is -0.338 e. The quantitative estimate of drug-likeness (QED) is 0.835. The van der Waals surface area contributed by atoms with Gasteiger partial charge in [0.15, 0.2) is 0 Å². The molecule has 0 saturated carbocycles. The van der Waals surface area contributed by atoms with Crippen LogP contribution in [-0.4, -0.2) is 41.4 Å². The van der Waals surface area contributed by atoms with Crippen LogP contribution >= 0.6 is 11.6 Å². The van der Waals surface area contributed by atoms with Crippen LogP contribution in [-0.2, 0) is 11.3 Å². The van der Waals surface area contributed by atoms with Crippen molar-refractivity contribution in [3.05, 3.63) is 65.2 Å². The maximum atomic E-state index is 12.6. The Labute approximate surface area is 170 Å². The molecule has 0 atom stereocenters. The van der Waals surface area contributed by atoms with Crippen LogP contribution in [0.1, 0.15) is 24.8 Å². The Morgan fingerprint density at radius 1 is 1.04 bits per heavy atom. The lowest BCUT2D eigenvalue weighted by molar-refractivity contribution is -0.128. The largest absolute Gasteiger partial charge is 0.338 e. The van der Waals surface area contributed by atoms with Crippen LogP contribution in [0.5, 0.6) is 0 Å². The first-order valence-electron chi connectivity index (χ1n) is 9.66. The summed E-state index contributed by atoms with van der Waals surface area (Å²) in [6.45, 7) is 2.75. The van der Waals surface area contributed by atoms with Crippen molar-refractivity contribution in [3.8, 4) is 0 Å². The average molecular weight is 398 g/mol. The van der Waals surface area contributed by atoms with Gasteiger partial charge in [-0.2, -0.15) is 0 Å². The normalized spacial score (nSPS) is 18.5. The third-order valence-corrected chi connectivity index (χ3v) is 6.08. The molecular weight excluding hydrogens is 374 g/mol. The number of hydrogen-bond donors (Lipinski definition) is 1. The van der Waals surface area contributed by atoms with Crippen LogP contribution in [0.3, 0.4) is 0 Å². The smallest absolute Gasteiger partial charge is 0.321 e. The first kappa shape index (κ1) is 18.8. The molecule has 0 aromatic heterocycles. The molecule has 2 aromatic carbocycles. The number of piperidine rings is 1. The Kier molecular flexibility index (Phi) is 5.27. The van der Waals surface area contributed by atoms with E-state index in [9.17, 15) is 9.59 Å². The number of carbonyl (C=O) groups excluding carboxylic acids is 2. The molecule has 2 aromatic rings. The summed E-state index contributed by atoms with van der Waals surface area (Å²) in [4.78, 5) is 28.9. The van der Waals surface area contributed by atoms with Crippen molar-refractivity contribution in [2.75, 3.05) is 25.0 Å². The zero-order valence-corrected chi connectivity index (χ0v) is 16.5. The number of nitrogens with zero attached hydrogens (tertiary/aromatic N) is 2. The summed E-state index contributed by atoms with van der Waals surface area (Å²) in [5.41, 5.74) is 1.89. The lowest BCUT2D eigenvalue weighted by Crippen LogP contribution is -2.45. The summed E-state index contributed by atoms with van der Waals surface area (Å²) in [6, 6.07) is 17.1. The van der Waals surface area contributed by atoms with E-state index in [1.165, 1.54) is 0 Å². The molecule has 28 heavy (non-hydrogen) atoms. The van der Waals surface area contributed by atoms with Crippen molar-refractivity contribution in [2.24, 2.45) is 5.41 Å². The van der Waals surface area contributed by atoms with E-state index < -0.39 is 0 Å². The standard InChI is InChI=1S/C22H24ClN3O2/c23-18-8-6-17(7-9-18)15-26-16-22(14-20(26)27)10-12-25(13-11-22)21(28)24-19-4-2-1-3-5-19/h1-9H,10-16H2,(H,24,28). The molecule has 2 saturated heterocycles. The molecule has 4 rings (SSSR count). The third-order valence-electron chi connectivity index (χ3n) is 5.83. The summed E-state index contributed by atoms with van der Waals surface area (Å²) >= 11 is 5.95. The average Bonchev–Trinajstić information content (AvgIpc) is 2.99. The maximum absolute atomic E-state index is 12.6. The fourth-order valence-electron chi connectivity index (χ4n) is 4.18. The fourth-order valence-corrected chi connectivity index (χ4v) is 4.30. The highest BCUT2D eigenvalue weighted by atomic mass is 35.5. The van der Waals surface area contributed by atoms with Gasteiger partial charge in [0.25, 0.3) is 0 Å². The Morgan fingerprint density at radius 3 is 2.39 bits per heavy atom. The third kappa shape index (κ3) is 4.14. The van der Waals surface area contributed by atoms with Gasteiger partial charge in [0.1, 0.15) is 0 Å². The Hall–Kier alpha value is -2.53. The molecule has 2 fully saturated rings. The van der Waals surface area contributed by atoms with E-state index in [0.717, 1.165) is 30.6 Å². The Balaban J connectivity index is 1.33. The molecule has 5 nitrogen and oxygen atoms in total. The van der Waals surface area contributed by atoms with Crippen molar-refractivity contribution in [1.82, 2.24) is 9.80 Å². The second-order valence-electron chi connectivity index (χ2n) is 7.84. The molecule has 1 spiro atoms. The van der Waals surface area contributed by atoms with Gasteiger partial charge in [0.05, 0.1) is 0 Å². The molecule has 1 N–H and O–H groups in total. The van der Waals surface area contributed by atoms with Crippen molar-refractivity contribution in [3.63, 3.8) is 0 Å². The van der Waals surface area contributed by atoms with Crippen molar-refractivity contribution >= 4 is 29.2 Å². The van der Waals surface area contributed by atoms with Gasteiger partial charge in [-0.05, 0) is 42.7 Å². The van der Waals surface area contributed by atoms with Crippen LogP contribution in [0.2, 0.25) is 5.02 Å². The SMILES string of the molecule is O=C1CC2(CCN(C(=O)Nc3ccccc3)CC2)CN1Cc1ccc(Cl)cc1. The molecule has 0 unspecified atom stereocenters. The molecule has 2 heterocycles. The first-order valence-corrected chi connectivity index (χ1v) is 10.0. The summed E-state index contributed by atoms with van der Waals surface area (Å²) < 4.78 is 0. The summed E-state index contributed by atoms with van der Waals surface area (Å²) in [6.07, 6.45) is 2.30. The monoisotopic (exact) mass is 397 g/mol. The van der Waals surface area contributed by atoms with E-state index >= 15 is 0 Å². The number of hydrogen-bond acceptors (Lipinski definition) is 2. The second kappa shape index (κ2) is 7.84. The van der Waals surface area contributed by atoms with Gasteiger partial charge >= 0.3 is 6.03 Å². The topological polar surface area (TPSA) is 52.7 Å². The van der Waals surface area contributed by atoms with E-state index in [4.69, 9.17) is 11.6 Å². The van der Waals surface area contributed by atoms with E-state index in [0.29, 0.717) is 31.1 Å². The van der Waals surface area contributed by atoms with Crippen LogP contribution in [0, 0.1) is 5.41 Å². The number of rotatable bonds is 3. The summed E-state index contributed by atoms with van der Waals surface area (Å²) in [5.74, 6) is 0.206. The molecule has 2 aliphatic rings. The minimum atomic E-state index is -0.0663. The van der Waals surface area contributed by atoms with Gasteiger partial charge < -0.3 is 15.1 Å². The summed E-state index contributed by atoms with van der Waals surface area (Å²) in [7, 11) is 0. The molecule has 0 radical (unpaired) electrons. The highest BCUT2D eigenvalue weighted by molar-refractivity contribution is 6.30. The summed E-state index contributed by atoms with van der Waals surface area (Å²) in [5, 5.41) is 3.65. The van der Waals surface area contributed by atoms with Gasteiger partial charge in [-0.1, -0.05) is 41.9 Å². The number of likely N-dealkylation sites (tertiary alicyclic amines) is 2. The van der Waals surface area contributed by atoms with Gasteiger partial charge in [0, 0.05) is 48.7 Å². The van der Waals surface area contributed by atoms with Gasteiger partial charge in [0.2, 0.25) is 5.91 Å². The molecule has 146 valence electrons. The van der Waals surface area contributed by atoms with Gasteiger partial charge in [-0.25, -0.2) is 4.79 Å². The van der Waals surface area contributed by atoms with Crippen molar-refractivity contribution < 1.29 is 9.59 Å². The molecular formula is C22H24ClN3O2. The predicted molar refractivity (Wildman–Crippen MR) is 110 cm³/mol. The van der Waals surface area contributed by atoms with E-state index in [1.54, 1.807) is 0 Å². The predicted octanol–water partition coefficient (Wildman–Crippen LogP) is 4.39. The minimum absolute atomic E-state index is 0.00691. The second-order valence-corrected chi connectivity index (χ2v) is 8.27. The van der Waals surface area contributed by atoms with Crippen LogP contribution in [0.25, 0.3) is 0 Å². The number of amides is 3. The molecule has 6 heteroatoms. The van der Waals surface area contributed by atoms with E-state index in [1.807, 2.05) is 64.4 Å². The molecule has 3 amide bonds. The zero-order chi connectivity index (χ0) is 19.6. The van der Waals surface area contributed by atoms with Crippen LogP contribution < -0.4 is 5.32 Å². The number of benzene rings is 2. The number of carbonyl (C=O) groups is 2. The highest BCUT2D eigenvalue weighted by Crippen LogP contribution is 2.41. The van der Waals surface area contributed by atoms with Gasteiger partial charge in [-0.15, -0.1) is 0 Å². The number of para-hydroxylation sites is 1. The van der Waals surface area contributed by atoms with Crippen molar-refractivity contribution in [2.45, 2.75) is 25.8 Å². The number of nitrogens with one attached hydrogen (secondary N) is 1. The van der Waals surface area contributed by atoms with E-state index in [2.05, 4.69) is 5.32 Å².